The lowest BCUT2D eigenvalue weighted by molar-refractivity contribution is 0.0891. The second kappa shape index (κ2) is 6.22. The van der Waals surface area contributed by atoms with Gasteiger partial charge in [-0.05, 0) is 36.6 Å². The van der Waals surface area contributed by atoms with Gasteiger partial charge in [0.1, 0.15) is 0 Å². The number of hydrogen-bond acceptors (Lipinski definition) is 4. The Morgan fingerprint density at radius 3 is 2.39 bits per heavy atom. The van der Waals surface area contributed by atoms with Crippen LogP contribution < -0.4 is 10.6 Å². The Morgan fingerprint density at radius 2 is 1.91 bits per heavy atom. The summed E-state index contributed by atoms with van der Waals surface area (Å²) in [5, 5.41) is 6.39. The van der Waals surface area contributed by atoms with Crippen LogP contribution in [0.3, 0.4) is 0 Å². The average molecular weight is 337 g/mol. The fourth-order valence-corrected chi connectivity index (χ4v) is 4.88. The molecule has 1 aliphatic carbocycles. The van der Waals surface area contributed by atoms with Crippen LogP contribution in [0.4, 0.5) is 0 Å². The molecule has 2 aliphatic heterocycles. The molecular formula is C16H23N3O3S. The maximum Gasteiger partial charge on any atom is 0.251 e. The second-order valence-electron chi connectivity index (χ2n) is 6.12. The highest BCUT2D eigenvalue weighted by atomic mass is 32.2. The van der Waals surface area contributed by atoms with Gasteiger partial charge in [0, 0.05) is 37.3 Å². The largest absolute Gasteiger partial charge is 0.347 e. The quantitative estimate of drug-likeness (QED) is 0.805. The summed E-state index contributed by atoms with van der Waals surface area (Å²) < 4.78 is 26.2. The van der Waals surface area contributed by atoms with E-state index in [4.69, 9.17) is 0 Å². The number of rotatable bonds is 6. The van der Waals surface area contributed by atoms with Crippen molar-refractivity contribution in [3.63, 3.8) is 0 Å². The normalized spacial score (nSPS) is 26.1. The molecule has 2 saturated heterocycles. The topological polar surface area (TPSA) is 78.5 Å². The molecule has 6 nitrogen and oxygen atoms in total. The molecule has 2 N–H and O–H groups in total. The Hall–Kier alpha value is -1.44. The van der Waals surface area contributed by atoms with Crippen LogP contribution in [0.15, 0.2) is 29.2 Å². The summed E-state index contributed by atoms with van der Waals surface area (Å²) in [5.41, 5.74) is 0.495. The first-order valence-electron chi connectivity index (χ1n) is 8.11. The predicted octanol–water partition coefficient (Wildman–Crippen LogP) is 0.807. The zero-order valence-corrected chi connectivity index (χ0v) is 14.3. The molecule has 0 unspecified atom stereocenters. The number of sulfonamides is 1. The molecule has 1 amide bonds. The molecule has 0 aromatic heterocycles. The fourth-order valence-electron chi connectivity index (χ4n) is 3.42. The molecule has 23 heavy (non-hydrogen) atoms. The molecule has 4 rings (SSSR count). The molecule has 3 aliphatic rings. The lowest BCUT2D eigenvalue weighted by Crippen LogP contribution is -2.54. The van der Waals surface area contributed by atoms with E-state index in [2.05, 4.69) is 10.6 Å². The van der Waals surface area contributed by atoms with Crippen LogP contribution in [0.25, 0.3) is 0 Å². The minimum Gasteiger partial charge on any atom is -0.347 e. The summed E-state index contributed by atoms with van der Waals surface area (Å²) in [6, 6.07) is 6.79. The van der Waals surface area contributed by atoms with E-state index in [9.17, 15) is 13.2 Å². The van der Waals surface area contributed by atoms with Gasteiger partial charge in [-0.2, -0.15) is 4.31 Å². The molecule has 0 spiro atoms. The minimum absolute atomic E-state index is 0.139. The van der Waals surface area contributed by atoms with Crippen molar-refractivity contribution in [3.8, 4) is 0 Å². The monoisotopic (exact) mass is 337 g/mol. The molecule has 2 bridgehead atoms. The summed E-state index contributed by atoms with van der Waals surface area (Å²) in [5.74, 6) is 0.395. The molecular weight excluding hydrogens is 314 g/mol. The van der Waals surface area contributed by atoms with Crippen LogP contribution >= 0.6 is 0 Å². The van der Waals surface area contributed by atoms with Crippen molar-refractivity contribution in [1.29, 1.82) is 0 Å². The molecule has 1 aromatic rings. The van der Waals surface area contributed by atoms with Crippen LogP contribution in [0.2, 0.25) is 0 Å². The van der Waals surface area contributed by atoms with Crippen molar-refractivity contribution in [2.24, 2.45) is 5.92 Å². The van der Waals surface area contributed by atoms with E-state index >= 15 is 0 Å². The van der Waals surface area contributed by atoms with Gasteiger partial charge in [-0.3, -0.25) is 4.79 Å². The number of amides is 1. The number of benzene rings is 1. The zero-order chi connectivity index (χ0) is 16.6. The Morgan fingerprint density at radius 1 is 1.26 bits per heavy atom. The molecule has 3 fully saturated rings. The van der Waals surface area contributed by atoms with Crippen molar-refractivity contribution in [2.75, 3.05) is 19.6 Å². The summed E-state index contributed by atoms with van der Waals surface area (Å²) >= 11 is 0. The van der Waals surface area contributed by atoms with Gasteiger partial charge in [-0.1, -0.05) is 13.8 Å². The molecule has 1 aromatic carbocycles. The first kappa shape index (κ1) is 16.4. The number of fused-ring (bicyclic) bond motifs is 1. The Bertz CT molecular complexity index is 669. The lowest BCUT2D eigenvalue weighted by Gasteiger charge is -2.35. The summed E-state index contributed by atoms with van der Waals surface area (Å²) in [6.07, 6.45) is 1.13. The molecule has 2 heterocycles. The Labute approximate surface area is 137 Å². The van der Waals surface area contributed by atoms with E-state index in [1.165, 1.54) is 16.4 Å². The van der Waals surface area contributed by atoms with E-state index in [0.717, 1.165) is 13.0 Å². The third-order valence-electron chi connectivity index (χ3n) is 4.90. The van der Waals surface area contributed by atoms with Gasteiger partial charge in [0.25, 0.3) is 5.91 Å². The van der Waals surface area contributed by atoms with E-state index < -0.39 is 10.0 Å². The second-order valence-corrected chi connectivity index (χ2v) is 8.06. The van der Waals surface area contributed by atoms with Crippen LogP contribution in [0, 0.1) is 5.92 Å². The van der Waals surface area contributed by atoms with Gasteiger partial charge in [0.05, 0.1) is 4.90 Å². The zero-order valence-electron chi connectivity index (χ0n) is 13.5. The molecule has 126 valence electrons. The van der Waals surface area contributed by atoms with E-state index in [0.29, 0.717) is 30.6 Å². The molecule has 3 atom stereocenters. The summed E-state index contributed by atoms with van der Waals surface area (Å²) in [6.45, 7) is 5.45. The number of carbonyl (C=O) groups excluding carboxylic acids is 1. The highest BCUT2D eigenvalue weighted by Crippen LogP contribution is 2.33. The predicted molar refractivity (Wildman–Crippen MR) is 87.7 cm³/mol. The van der Waals surface area contributed by atoms with E-state index in [1.54, 1.807) is 12.1 Å². The van der Waals surface area contributed by atoms with Crippen molar-refractivity contribution in [3.05, 3.63) is 29.8 Å². The van der Waals surface area contributed by atoms with Crippen molar-refractivity contribution in [1.82, 2.24) is 14.9 Å². The summed E-state index contributed by atoms with van der Waals surface area (Å²) in [4.78, 5) is 12.5. The minimum atomic E-state index is -3.48. The number of nitrogens with zero attached hydrogens (tertiary/aromatic N) is 1. The maximum absolute atomic E-state index is 12.4. The smallest absolute Gasteiger partial charge is 0.251 e. The van der Waals surface area contributed by atoms with Gasteiger partial charge < -0.3 is 10.6 Å². The van der Waals surface area contributed by atoms with Crippen molar-refractivity contribution < 1.29 is 13.2 Å². The number of nitrogens with one attached hydrogen (secondary N) is 2. The molecule has 1 saturated carbocycles. The van der Waals surface area contributed by atoms with Gasteiger partial charge in [-0.25, -0.2) is 8.42 Å². The first-order valence-corrected chi connectivity index (χ1v) is 9.55. The summed E-state index contributed by atoms with van der Waals surface area (Å²) in [7, 11) is -3.48. The van der Waals surface area contributed by atoms with Gasteiger partial charge >= 0.3 is 0 Å². The van der Waals surface area contributed by atoms with E-state index in [-0.39, 0.29) is 16.8 Å². The number of carbonyl (C=O) groups is 1. The Balaban J connectivity index is 1.70. The maximum atomic E-state index is 12.4. The van der Waals surface area contributed by atoms with Gasteiger partial charge in [0.2, 0.25) is 10.0 Å². The Kier molecular flexibility index (Phi) is 4.44. The molecule has 7 heteroatoms. The average Bonchev–Trinajstić information content (AvgIpc) is 3.17. The first-order chi connectivity index (χ1) is 11.0. The fraction of sp³-hybridized carbons (Fsp3) is 0.562. The van der Waals surface area contributed by atoms with Crippen LogP contribution in [0.1, 0.15) is 30.6 Å². The van der Waals surface area contributed by atoms with Crippen LogP contribution in [-0.4, -0.2) is 50.3 Å². The van der Waals surface area contributed by atoms with Crippen LogP contribution in [-0.2, 0) is 10.0 Å². The molecule has 0 radical (unpaired) electrons. The number of hydrogen-bond donors (Lipinski definition) is 2. The third-order valence-corrected chi connectivity index (χ3v) is 6.96. The standard InChI is InChI=1S/C16H23N3O3S/c1-3-19(4-2)23(21,22)13-7-5-11(6-8-13)16(20)18-15-12-9-14(15)17-10-12/h5-8,12,14-15,17H,3-4,9-10H2,1-2H3,(H,18,20)/t12-,14-,15+/m0/s1. The van der Waals surface area contributed by atoms with Gasteiger partial charge in [0.15, 0.2) is 0 Å². The van der Waals surface area contributed by atoms with Crippen molar-refractivity contribution in [2.45, 2.75) is 37.2 Å². The van der Waals surface area contributed by atoms with Crippen molar-refractivity contribution >= 4 is 15.9 Å². The SMILES string of the molecule is CCN(CC)S(=O)(=O)c1ccc(C(=O)N[C@@H]2[C@@H]3CN[C@H]2C3)cc1. The van der Waals surface area contributed by atoms with Gasteiger partial charge in [-0.15, -0.1) is 0 Å². The third kappa shape index (κ3) is 2.88. The highest BCUT2D eigenvalue weighted by molar-refractivity contribution is 7.89. The lowest BCUT2D eigenvalue weighted by atomic mass is 9.80. The van der Waals surface area contributed by atoms with E-state index in [1.807, 2.05) is 13.8 Å². The highest BCUT2D eigenvalue weighted by Gasteiger charge is 2.47. The van der Waals surface area contributed by atoms with Crippen LogP contribution in [0.5, 0.6) is 0 Å².